The minimum atomic E-state index is -0.723. The van der Waals surface area contributed by atoms with Gasteiger partial charge >= 0.3 is 93.8 Å². The molecule has 0 bridgehead atoms. The van der Waals surface area contributed by atoms with Gasteiger partial charge in [0.25, 0.3) is 0 Å². The molecule has 15 heavy (non-hydrogen) atoms. The minimum absolute atomic E-state index is 0.0744. The first-order valence-corrected chi connectivity index (χ1v) is 5.98. The topological polar surface area (TPSA) is 76.4 Å². The summed E-state index contributed by atoms with van der Waals surface area (Å²) in [6, 6.07) is 0. The molecule has 0 heterocycles. The van der Waals surface area contributed by atoms with E-state index in [0.29, 0.717) is 0 Å². The van der Waals surface area contributed by atoms with Crippen molar-refractivity contribution in [1.82, 2.24) is 0 Å². The van der Waals surface area contributed by atoms with Gasteiger partial charge in [-0.05, 0) is 0 Å². The van der Waals surface area contributed by atoms with Crippen molar-refractivity contribution in [3.05, 3.63) is 10.5 Å². The molecule has 0 unspecified atom stereocenters. The van der Waals surface area contributed by atoms with Crippen molar-refractivity contribution in [3.8, 4) is 4.97 Å². The maximum atomic E-state index is 11.2. The van der Waals surface area contributed by atoms with Gasteiger partial charge in [0.1, 0.15) is 0 Å². The van der Waals surface area contributed by atoms with Crippen molar-refractivity contribution in [1.29, 1.82) is 5.26 Å². The molecule has 0 aliphatic rings. The molecule has 0 aromatic rings. The average molecular weight is 276 g/mol. The van der Waals surface area contributed by atoms with Crippen LogP contribution in [0.5, 0.6) is 0 Å². The first kappa shape index (κ1) is 13.7. The SMILES string of the molecule is CCOC(=O)/C=C(\[Se]C#N)C(=O)OCC. The van der Waals surface area contributed by atoms with Crippen LogP contribution < -0.4 is 0 Å². The molecule has 0 aliphatic carbocycles. The fourth-order valence-corrected chi connectivity index (χ4v) is 1.50. The maximum absolute atomic E-state index is 11.2. The van der Waals surface area contributed by atoms with Gasteiger partial charge in [0.2, 0.25) is 0 Å². The number of carbonyl (C=O) groups is 2. The molecular formula is C9H11NO4Se. The predicted molar refractivity (Wildman–Crippen MR) is 52.7 cm³/mol. The molecule has 0 N–H and O–H groups in total. The first-order valence-electron chi connectivity index (χ1n) is 4.27. The van der Waals surface area contributed by atoms with E-state index in [-0.39, 0.29) is 17.7 Å². The van der Waals surface area contributed by atoms with Gasteiger partial charge in [-0.1, -0.05) is 0 Å². The van der Waals surface area contributed by atoms with E-state index >= 15 is 0 Å². The number of ether oxygens (including phenoxy) is 2. The molecule has 0 aliphatic heterocycles. The number of hydrogen-bond acceptors (Lipinski definition) is 5. The van der Waals surface area contributed by atoms with Crippen molar-refractivity contribution in [2.24, 2.45) is 0 Å². The molecule has 0 saturated heterocycles. The van der Waals surface area contributed by atoms with E-state index in [1.54, 1.807) is 13.8 Å². The molecule has 82 valence electrons. The van der Waals surface area contributed by atoms with E-state index in [1.807, 2.05) is 4.97 Å². The van der Waals surface area contributed by atoms with Crippen LogP contribution >= 0.6 is 0 Å². The van der Waals surface area contributed by atoms with E-state index < -0.39 is 26.9 Å². The molecule has 0 aromatic carbocycles. The van der Waals surface area contributed by atoms with Gasteiger partial charge in [-0.15, -0.1) is 0 Å². The van der Waals surface area contributed by atoms with Crippen LogP contribution in [-0.2, 0) is 19.1 Å². The van der Waals surface area contributed by atoms with Crippen LogP contribution in [0.3, 0.4) is 0 Å². The van der Waals surface area contributed by atoms with E-state index in [0.717, 1.165) is 6.08 Å². The fourth-order valence-electron chi connectivity index (χ4n) is 0.672. The zero-order valence-electron chi connectivity index (χ0n) is 8.48. The molecule has 0 atom stereocenters. The second-order valence-electron chi connectivity index (χ2n) is 2.17. The number of esters is 2. The van der Waals surface area contributed by atoms with Gasteiger partial charge in [-0.2, -0.15) is 0 Å². The van der Waals surface area contributed by atoms with Gasteiger partial charge in [0, 0.05) is 0 Å². The molecule has 5 nitrogen and oxygen atoms in total. The van der Waals surface area contributed by atoms with Crippen molar-refractivity contribution in [2.75, 3.05) is 13.2 Å². The van der Waals surface area contributed by atoms with Crippen LogP contribution in [0.15, 0.2) is 10.5 Å². The zero-order valence-corrected chi connectivity index (χ0v) is 10.2. The van der Waals surface area contributed by atoms with Crippen LogP contribution in [0.2, 0.25) is 0 Å². The number of rotatable bonds is 5. The Balaban J connectivity index is 4.58. The van der Waals surface area contributed by atoms with Crippen LogP contribution in [0.1, 0.15) is 13.8 Å². The van der Waals surface area contributed by atoms with Crippen LogP contribution in [-0.4, -0.2) is 40.1 Å². The van der Waals surface area contributed by atoms with E-state index in [9.17, 15) is 9.59 Å². The Morgan fingerprint density at radius 2 is 1.93 bits per heavy atom. The predicted octanol–water partition coefficient (Wildman–Crippen LogP) is 0.182. The van der Waals surface area contributed by atoms with Gasteiger partial charge in [-0.25, -0.2) is 0 Å². The fraction of sp³-hybridized carbons (Fsp3) is 0.444. The third kappa shape index (κ3) is 5.89. The van der Waals surface area contributed by atoms with Gasteiger partial charge in [-0.3, -0.25) is 0 Å². The Bertz CT molecular complexity index is 306. The number of nitrogens with zero attached hydrogens (tertiary/aromatic N) is 1. The summed E-state index contributed by atoms with van der Waals surface area (Å²) in [6.07, 6.45) is 1.02. The molecule has 0 amide bonds. The molecule has 0 aromatic heterocycles. The average Bonchev–Trinajstić information content (AvgIpc) is 2.18. The molecule has 0 rings (SSSR count). The molecule has 0 radical (unpaired) electrons. The molecule has 6 heteroatoms. The van der Waals surface area contributed by atoms with Crippen LogP contribution in [0, 0.1) is 10.2 Å². The Morgan fingerprint density at radius 3 is 2.40 bits per heavy atom. The normalized spacial score (nSPS) is 10.3. The van der Waals surface area contributed by atoms with E-state index in [4.69, 9.17) is 5.26 Å². The Hall–Kier alpha value is -1.31. The molecule has 0 spiro atoms. The van der Waals surface area contributed by atoms with Crippen LogP contribution in [0.25, 0.3) is 0 Å². The Kier molecular flexibility index (Phi) is 7.33. The van der Waals surface area contributed by atoms with E-state index in [1.165, 1.54) is 0 Å². The van der Waals surface area contributed by atoms with Crippen molar-refractivity contribution in [2.45, 2.75) is 13.8 Å². The third-order valence-corrected chi connectivity index (χ3v) is 2.42. The number of nitriles is 1. The number of hydrogen-bond donors (Lipinski definition) is 0. The first-order chi connectivity index (χ1) is 7.15. The summed E-state index contributed by atoms with van der Waals surface area (Å²) in [7, 11) is 0. The van der Waals surface area contributed by atoms with Gasteiger partial charge < -0.3 is 0 Å². The van der Waals surface area contributed by atoms with Crippen molar-refractivity contribution < 1.29 is 19.1 Å². The summed E-state index contributed by atoms with van der Waals surface area (Å²) < 4.78 is 9.38. The van der Waals surface area contributed by atoms with Gasteiger partial charge in [0.15, 0.2) is 0 Å². The third-order valence-electron chi connectivity index (χ3n) is 1.17. The molecular weight excluding hydrogens is 265 g/mol. The summed E-state index contributed by atoms with van der Waals surface area (Å²) in [5.74, 6) is -1.26. The summed E-state index contributed by atoms with van der Waals surface area (Å²) >= 11 is -0.723. The van der Waals surface area contributed by atoms with Crippen molar-refractivity contribution >= 4 is 26.9 Å². The summed E-state index contributed by atoms with van der Waals surface area (Å²) in [6.45, 7) is 3.75. The summed E-state index contributed by atoms with van der Waals surface area (Å²) in [5, 5.41) is 8.47. The van der Waals surface area contributed by atoms with Crippen LogP contribution in [0.4, 0.5) is 0 Å². The monoisotopic (exact) mass is 277 g/mol. The van der Waals surface area contributed by atoms with Crippen molar-refractivity contribution in [3.63, 3.8) is 0 Å². The summed E-state index contributed by atoms with van der Waals surface area (Å²) in [4.78, 5) is 24.1. The summed E-state index contributed by atoms with van der Waals surface area (Å²) in [5.41, 5.74) is 0. The number of carbonyl (C=O) groups excluding carboxylic acids is 2. The molecule has 0 fully saturated rings. The standard InChI is InChI=1S/C9H11NO4Se/c1-3-13-8(11)5-7(15-6-10)9(12)14-4-2/h5H,3-4H2,1-2H3/b7-5-. The Labute approximate surface area is 94.2 Å². The second-order valence-corrected chi connectivity index (χ2v) is 3.91. The quantitative estimate of drug-likeness (QED) is 0.407. The van der Waals surface area contributed by atoms with E-state index in [2.05, 4.69) is 9.47 Å². The Morgan fingerprint density at radius 1 is 1.33 bits per heavy atom. The van der Waals surface area contributed by atoms with Gasteiger partial charge in [0.05, 0.1) is 0 Å². The molecule has 0 saturated carbocycles. The second kappa shape index (κ2) is 8.04. The zero-order chi connectivity index (χ0) is 11.7.